The van der Waals surface area contributed by atoms with Crippen LogP contribution in [-0.4, -0.2) is 41.9 Å². The third kappa shape index (κ3) is 3.12. The number of halogens is 1. The van der Waals surface area contributed by atoms with E-state index in [0.29, 0.717) is 6.04 Å². The topological polar surface area (TPSA) is 23.6 Å². The van der Waals surface area contributed by atoms with Crippen molar-refractivity contribution in [2.24, 2.45) is 0 Å². The number of hydrogen-bond acceptors (Lipinski definition) is 2. The molecule has 0 N–H and O–H groups in total. The molecule has 3 nitrogen and oxygen atoms in total. The molecule has 4 heteroatoms. The highest BCUT2D eigenvalue weighted by atomic mass is 79.9. The van der Waals surface area contributed by atoms with Crippen LogP contribution in [0.4, 0.5) is 0 Å². The highest BCUT2D eigenvalue weighted by Gasteiger charge is 2.22. The first-order chi connectivity index (χ1) is 8.58. The molecule has 0 aromatic heterocycles. The monoisotopic (exact) mass is 310 g/mol. The minimum atomic E-state index is 0.186. The van der Waals surface area contributed by atoms with Gasteiger partial charge in [-0.1, -0.05) is 28.1 Å². The van der Waals surface area contributed by atoms with Crippen molar-refractivity contribution in [3.8, 4) is 0 Å². The number of carbonyl (C=O) groups is 1. The summed E-state index contributed by atoms with van der Waals surface area (Å²) in [6.07, 6.45) is 0. The zero-order valence-electron chi connectivity index (χ0n) is 10.9. The van der Waals surface area contributed by atoms with Gasteiger partial charge in [0, 0.05) is 43.6 Å². The van der Waals surface area contributed by atoms with E-state index in [-0.39, 0.29) is 5.91 Å². The lowest BCUT2D eigenvalue weighted by Gasteiger charge is -2.37. The Hall–Kier alpha value is -0.870. The molecule has 1 aromatic carbocycles. The van der Waals surface area contributed by atoms with E-state index in [0.717, 1.165) is 30.7 Å². The second kappa shape index (κ2) is 5.85. The standard InChI is InChI=1S/C14H19BrN2O/c1-11(13-3-5-14(15)6-4-13)16-7-9-17(10-8-16)12(2)18/h3-6,11H,7-10H2,1-2H3/t11-/m1/s1. The van der Waals surface area contributed by atoms with E-state index >= 15 is 0 Å². The number of carbonyl (C=O) groups excluding carboxylic acids is 1. The molecule has 1 amide bonds. The van der Waals surface area contributed by atoms with Gasteiger partial charge in [-0.15, -0.1) is 0 Å². The van der Waals surface area contributed by atoms with Crippen molar-refractivity contribution in [2.75, 3.05) is 26.2 Å². The molecule has 1 aliphatic heterocycles. The van der Waals surface area contributed by atoms with Crippen LogP contribution in [0.15, 0.2) is 28.7 Å². The van der Waals surface area contributed by atoms with Gasteiger partial charge in [0.05, 0.1) is 0 Å². The summed E-state index contributed by atoms with van der Waals surface area (Å²) >= 11 is 3.46. The predicted octanol–water partition coefficient (Wildman–Crippen LogP) is 2.67. The third-order valence-electron chi connectivity index (χ3n) is 3.66. The van der Waals surface area contributed by atoms with Crippen molar-refractivity contribution in [3.63, 3.8) is 0 Å². The molecule has 2 rings (SSSR count). The Labute approximate surface area is 117 Å². The molecular weight excluding hydrogens is 292 g/mol. The van der Waals surface area contributed by atoms with E-state index in [2.05, 4.69) is 52.0 Å². The SMILES string of the molecule is CC(=O)N1CCN([C@H](C)c2ccc(Br)cc2)CC1. The van der Waals surface area contributed by atoms with E-state index in [1.54, 1.807) is 6.92 Å². The number of rotatable bonds is 2. The van der Waals surface area contributed by atoms with Crippen molar-refractivity contribution in [2.45, 2.75) is 19.9 Å². The minimum Gasteiger partial charge on any atom is -0.340 e. The fraction of sp³-hybridized carbons (Fsp3) is 0.500. The molecule has 0 radical (unpaired) electrons. The first-order valence-electron chi connectivity index (χ1n) is 6.33. The first kappa shape index (κ1) is 13.6. The molecule has 98 valence electrons. The number of nitrogens with zero attached hydrogens (tertiary/aromatic N) is 2. The van der Waals surface area contributed by atoms with Gasteiger partial charge < -0.3 is 4.90 Å². The van der Waals surface area contributed by atoms with Gasteiger partial charge in [-0.3, -0.25) is 9.69 Å². The van der Waals surface area contributed by atoms with Crippen molar-refractivity contribution >= 4 is 21.8 Å². The maximum atomic E-state index is 11.3. The molecule has 1 saturated heterocycles. The van der Waals surface area contributed by atoms with Crippen LogP contribution in [0.25, 0.3) is 0 Å². The van der Waals surface area contributed by atoms with Crippen LogP contribution in [0, 0.1) is 0 Å². The molecule has 1 aromatic rings. The van der Waals surface area contributed by atoms with Gasteiger partial charge in [-0.05, 0) is 24.6 Å². The van der Waals surface area contributed by atoms with Gasteiger partial charge in [-0.25, -0.2) is 0 Å². The number of hydrogen-bond donors (Lipinski definition) is 0. The van der Waals surface area contributed by atoms with E-state index in [1.807, 2.05) is 4.90 Å². The average Bonchev–Trinajstić information content (AvgIpc) is 2.39. The van der Waals surface area contributed by atoms with Gasteiger partial charge >= 0.3 is 0 Å². The summed E-state index contributed by atoms with van der Waals surface area (Å²) in [5.41, 5.74) is 1.33. The number of benzene rings is 1. The Balaban J connectivity index is 1.97. The molecule has 0 unspecified atom stereocenters. The van der Waals surface area contributed by atoms with Gasteiger partial charge in [0.2, 0.25) is 5.91 Å². The lowest BCUT2D eigenvalue weighted by molar-refractivity contribution is -0.130. The Bertz CT molecular complexity index is 410. The van der Waals surface area contributed by atoms with E-state index in [4.69, 9.17) is 0 Å². The lowest BCUT2D eigenvalue weighted by Crippen LogP contribution is -2.48. The number of amides is 1. The second-order valence-corrected chi connectivity index (χ2v) is 5.69. The first-order valence-corrected chi connectivity index (χ1v) is 7.12. The smallest absolute Gasteiger partial charge is 0.219 e. The lowest BCUT2D eigenvalue weighted by atomic mass is 10.1. The maximum absolute atomic E-state index is 11.3. The van der Waals surface area contributed by atoms with Gasteiger partial charge in [0.15, 0.2) is 0 Å². The molecule has 1 aliphatic rings. The van der Waals surface area contributed by atoms with Crippen molar-refractivity contribution in [1.29, 1.82) is 0 Å². The fourth-order valence-corrected chi connectivity index (χ4v) is 2.64. The van der Waals surface area contributed by atoms with E-state index in [9.17, 15) is 4.79 Å². The summed E-state index contributed by atoms with van der Waals surface area (Å²) in [4.78, 5) is 15.6. The Morgan fingerprint density at radius 3 is 2.22 bits per heavy atom. The van der Waals surface area contributed by atoms with Crippen molar-refractivity contribution < 1.29 is 4.79 Å². The molecule has 0 saturated carbocycles. The molecule has 1 heterocycles. The largest absolute Gasteiger partial charge is 0.340 e. The van der Waals surface area contributed by atoms with E-state index in [1.165, 1.54) is 5.56 Å². The molecule has 1 fully saturated rings. The normalized spacial score (nSPS) is 18.7. The average molecular weight is 311 g/mol. The maximum Gasteiger partial charge on any atom is 0.219 e. The van der Waals surface area contributed by atoms with Crippen LogP contribution < -0.4 is 0 Å². The van der Waals surface area contributed by atoms with Crippen molar-refractivity contribution in [1.82, 2.24) is 9.80 Å². The predicted molar refractivity (Wildman–Crippen MR) is 76.4 cm³/mol. The van der Waals surface area contributed by atoms with Gasteiger partial charge in [-0.2, -0.15) is 0 Å². The van der Waals surface area contributed by atoms with Crippen LogP contribution in [-0.2, 0) is 4.79 Å². The summed E-state index contributed by atoms with van der Waals surface area (Å²) in [6, 6.07) is 8.89. The zero-order valence-corrected chi connectivity index (χ0v) is 12.5. The highest BCUT2D eigenvalue weighted by Crippen LogP contribution is 2.23. The van der Waals surface area contributed by atoms with Gasteiger partial charge in [0.25, 0.3) is 0 Å². The molecule has 0 aliphatic carbocycles. The second-order valence-electron chi connectivity index (χ2n) is 4.77. The van der Waals surface area contributed by atoms with E-state index < -0.39 is 0 Å². The van der Waals surface area contributed by atoms with Crippen LogP contribution in [0.3, 0.4) is 0 Å². The van der Waals surface area contributed by atoms with Crippen LogP contribution in [0.5, 0.6) is 0 Å². The minimum absolute atomic E-state index is 0.186. The molecular formula is C14H19BrN2O. The Morgan fingerprint density at radius 1 is 1.17 bits per heavy atom. The Morgan fingerprint density at radius 2 is 1.72 bits per heavy atom. The summed E-state index contributed by atoms with van der Waals surface area (Å²) in [6.45, 7) is 7.47. The molecule has 18 heavy (non-hydrogen) atoms. The molecule has 1 atom stereocenters. The molecule has 0 spiro atoms. The highest BCUT2D eigenvalue weighted by molar-refractivity contribution is 9.10. The summed E-state index contributed by atoms with van der Waals surface area (Å²) in [5, 5.41) is 0. The van der Waals surface area contributed by atoms with Crippen LogP contribution in [0.1, 0.15) is 25.5 Å². The molecule has 0 bridgehead atoms. The van der Waals surface area contributed by atoms with Crippen LogP contribution in [0.2, 0.25) is 0 Å². The van der Waals surface area contributed by atoms with Crippen LogP contribution >= 0.6 is 15.9 Å². The fourth-order valence-electron chi connectivity index (χ4n) is 2.38. The Kier molecular flexibility index (Phi) is 4.40. The van der Waals surface area contributed by atoms with Crippen molar-refractivity contribution in [3.05, 3.63) is 34.3 Å². The zero-order chi connectivity index (χ0) is 13.1. The third-order valence-corrected chi connectivity index (χ3v) is 4.19. The summed E-state index contributed by atoms with van der Waals surface area (Å²) < 4.78 is 1.11. The number of piperazine rings is 1. The van der Waals surface area contributed by atoms with Gasteiger partial charge in [0.1, 0.15) is 0 Å². The summed E-state index contributed by atoms with van der Waals surface area (Å²) in [7, 11) is 0. The quantitative estimate of drug-likeness (QED) is 0.838. The summed E-state index contributed by atoms with van der Waals surface area (Å²) in [5.74, 6) is 0.186.